The van der Waals surface area contributed by atoms with E-state index in [9.17, 15) is 10.1 Å². The van der Waals surface area contributed by atoms with Crippen LogP contribution in [0.15, 0.2) is 34.9 Å². The van der Waals surface area contributed by atoms with Crippen molar-refractivity contribution in [2.75, 3.05) is 13.3 Å². The molecule has 1 aromatic heterocycles. The average molecular weight is 318 g/mol. The Kier molecular flexibility index (Phi) is 4.59. The number of fused-ring (bicyclic) bond motifs is 1. The molecule has 23 heavy (non-hydrogen) atoms. The molecule has 1 aliphatic heterocycles. The van der Waals surface area contributed by atoms with Crippen molar-refractivity contribution in [1.29, 1.82) is 0 Å². The zero-order valence-corrected chi connectivity index (χ0v) is 12.9. The van der Waals surface area contributed by atoms with Gasteiger partial charge < -0.3 is 13.9 Å². The maximum Gasteiger partial charge on any atom is 0.270 e. The second kappa shape index (κ2) is 6.80. The second-order valence-electron chi connectivity index (χ2n) is 5.34. The van der Waals surface area contributed by atoms with Crippen LogP contribution >= 0.6 is 0 Å². The molecule has 0 fully saturated rings. The van der Waals surface area contributed by atoms with Crippen molar-refractivity contribution in [3.8, 4) is 5.75 Å². The van der Waals surface area contributed by atoms with Crippen LogP contribution in [0.4, 0.5) is 5.69 Å². The van der Waals surface area contributed by atoms with Crippen molar-refractivity contribution in [1.82, 2.24) is 4.90 Å². The highest BCUT2D eigenvalue weighted by Gasteiger charge is 2.22. The Morgan fingerprint density at radius 1 is 1.35 bits per heavy atom. The lowest BCUT2D eigenvalue weighted by Gasteiger charge is -2.24. The molecule has 1 aliphatic rings. The molecule has 2 heterocycles. The maximum atomic E-state index is 11.1. The van der Waals surface area contributed by atoms with Crippen molar-refractivity contribution in [3.63, 3.8) is 0 Å². The summed E-state index contributed by atoms with van der Waals surface area (Å²) in [6, 6.07) is 6.85. The first-order chi connectivity index (χ1) is 11.2. The number of furan rings is 1. The number of nitro groups is 1. The van der Waals surface area contributed by atoms with Crippen LogP contribution in [0.3, 0.4) is 0 Å². The van der Waals surface area contributed by atoms with Crippen LogP contribution in [0.5, 0.6) is 5.75 Å². The molecule has 0 saturated heterocycles. The first kappa shape index (κ1) is 15.5. The third-order valence-electron chi connectivity index (χ3n) is 3.78. The third-order valence-corrected chi connectivity index (χ3v) is 3.78. The zero-order valence-electron chi connectivity index (χ0n) is 12.9. The summed E-state index contributed by atoms with van der Waals surface area (Å²) >= 11 is 0. The van der Waals surface area contributed by atoms with Crippen LogP contribution in [0.1, 0.15) is 23.8 Å². The van der Waals surface area contributed by atoms with E-state index in [0.29, 0.717) is 25.4 Å². The van der Waals surface area contributed by atoms with E-state index < -0.39 is 0 Å². The smallest absolute Gasteiger partial charge is 0.270 e. The molecule has 0 unspecified atom stereocenters. The molecule has 0 radical (unpaired) electrons. The number of hydrogen-bond acceptors (Lipinski definition) is 6. The SMILES string of the molecule is CCN(Cc1ccco1)Cc1cc([N+](=O)[O-])cc2c1OCOC2. The summed E-state index contributed by atoms with van der Waals surface area (Å²) in [5, 5.41) is 11.1. The monoisotopic (exact) mass is 318 g/mol. The van der Waals surface area contributed by atoms with Crippen molar-refractivity contribution in [2.45, 2.75) is 26.6 Å². The fourth-order valence-electron chi connectivity index (χ4n) is 2.65. The Hall–Kier alpha value is -2.38. The number of non-ortho nitro benzene ring substituents is 1. The Morgan fingerprint density at radius 2 is 2.22 bits per heavy atom. The van der Waals surface area contributed by atoms with Crippen LogP contribution < -0.4 is 4.74 Å². The van der Waals surface area contributed by atoms with Crippen molar-refractivity contribution < 1.29 is 18.8 Å². The van der Waals surface area contributed by atoms with Gasteiger partial charge in [0.15, 0.2) is 6.79 Å². The van der Waals surface area contributed by atoms with Gasteiger partial charge in [-0.1, -0.05) is 6.92 Å². The first-order valence-electron chi connectivity index (χ1n) is 7.43. The van der Waals surface area contributed by atoms with Crippen molar-refractivity contribution in [2.24, 2.45) is 0 Å². The van der Waals surface area contributed by atoms with E-state index >= 15 is 0 Å². The van der Waals surface area contributed by atoms with Gasteiger partial charge in [0.2, 0.25) is 0 Å². The minimum atomic E-state index is -0.388. The minimum absolute atomic E-state index is 0.0573. The standard InChI is InChI=1S/C16H18N2O5/c1-2-17(9-15-4-3-5-22-15)8-12-6-14(18(19)20)7-13-10-21-11-23-16(12)13/h3-7H,2,8-11H2,1H3. The summed E-state index contributed by atoms with van der Waals surface area (Å²) in [7, 11) is 0. The summed E-state index contributed by atoms with van der Waals surface area (Å²) in [6.45, 7) is 4.50. The summed E-state index contributed by atoms with van der Waals surface area (Å²) in [5.41, 5.74) is 1.57. The molecule has 0 spiro atoms. The topological polar surface area (TPSA) is 78.0 Å². The Bertz CT molecular complexity index is 684. The van der Waals surface area contributed by atoms with E-state index in [1.165, 1.54) is 6.07 Å². The van der Waals surface area contributed by atoms with Gasteiger partial charge in [-0.15, -0.1) is 0 Å². The molecule has 122 valence electrons. The maximum absolute atomic E-state index is 11.1. The lowest BCUT2D eigenvalue weighted by Crippen LogP contribution is -2.23. The zero-order chi connectivity index (χ0) is 16.2. The molecule has 0 N–H and O–H groups in total. The molecule has 0 atom stereocenters. The molecule has 3 rings (SSSR count). The largest absolute Gasteiger partial charge is 0.468 e. The van der Waals surface area contributed by atoms with Crippen LogP contribution in [-0.4, -0.2) is 23.2 Å². The van der Waals surface area contributed by atoms with Gasteiger partial charge in [-0.2, -0.15) is 0 Å². The van der Waals surface area contributed by atoms with Crippen LogP contribution in [0, 0.1) is 10.1 Å². The fraction of sp³-hybridized carbons (Fsp3) is 0.375. The quantitative estimate of drug-likeness (QED) is 0.601. The van der Waals surface area contributed by atoms with E-state index in [-0.39, 0.29) is 17.4 Å². The highest BCUT2D eigenvalue weighted by atomic mass is 16.7. The predicted octanol–water partition coefficient (Wildman–Crippen LogP) is 3.08. The predicted molar refractivity (Wildman–Crippen MR) is 81.9 cm³/mol. The van der Waals surface area contributed by atoms with Gasteiger partial charge >= 0.3 is 0 Å². The summed E-state index contributed by atoms with van der Waals surface area (Å²) in [4.78, 5) is 12.9. The number of rotatable bonds is 6. The van der Waals surface area contributed by atoms with E-state index in [1.807, 2.05) is 19.1 Å². The normalized spacial score (nSPS) is 13.7. The lowest BCUT2D eigenvalue weighted by atomic mass is 10.1. The molecule has 0 saturated carbocycles. The van der Waals surface area contributed by atoms with Gasteiger partial charge in [-0.05, 0) is 18.7 Å². The van der Waals surface area contributed by atoms with Gasteiger partial charge in [0.1, 0.15) is 11.5 Å². The summed E-state index contributed by atoms with van der Waals surface area (Å²) in [6.07, 6.45) is 1.64. The average Bonchev–Trinajstić information content (AvgIpc) is 3.07. The summed E-state index contributed by atoms with van der Waals surface area (Å²) < 4.78 is 16.2. The van der Waals surface area contributed by atoms with E-state index in [4.69, 9.17) is 13.9 Å². The van der Waals surface area contributed by atoms with Gasteiger partial charge in [-0.3, -0.25) is 15.0 Å². The van der Waals surface area contributed by atoms with E-state index in [1.54, 1.807) is 12.3 Å². The van der Waals surface area contributed by atoms with Crippen LogP contribution in [-0.2, 0) is 24.4 Å². The molecular formula is C16H18N2O5. The number of benzene rings is 1. The molecule has 7 nitrogen and oxygen atoms in total. The van der Waals surface area contributed by atoms with E-state index in [0.717, 1.165) is 23.4 Å². The molecule has 7 heteroatoms. The van der Waals surface area contributed by atoms with Gasteiger partial charge in [-0.25, -0.2) is 0 Å². The summed E-state index contributed by atoms with van der Waals surface area (Å²) in [5.74, 6) is 1.55. The minimum Gasteiger partial charge on any atom is -0.468 e. The Morgan fingerprint density at radius 3 is 2.91 bits per heavy atom. The van der Waals surface area contributed by atoms with Gasteiger partial charge in [0.25, 0.3) is 5.69 Å². The van der Waals surface area contributed by atoms with Crippen LogP contribution in [0.25, 0.3) is 0 Å². The Labute approximate surface area is 133 Å². The number of ether oxygens (including phenoxy) is 2. The van der Waals surface area contributed by atoms with Crippen LogP contribution in [0.2, 0.25) is 0 Å². The second-order valence-corrected chi connectivity index (χ2v) is 5.34. The molecule has 2 aromatic rings. The number of hydrogen-bond donors (Lipinski definition) is 0. The third kappa shape index (κ3) is 3.52. The molecule has 0 amide bonds. The fourth-order valence-corrected chi connectivity index (χ4v) is 2.65. The van der Waals surface area contributed by atoms with Crippen molar-refractivity contribution >= 4 is 5.69 Å². The number of nitrogens with zero attached hydrogens (tertiary/aromatic N) is 2. The van der Waals surface area contributed by atoms with E-state index in [2.05, 4.69) is 4.90 Å². The van der Waals surface area contributed by atoms with Crippen molar-refractivity contribution in [3.05, 3.63) is 57.5 Å². The molecule has 0 aliphatic carbocycles. The van der Waals surface area contributed by atoms with Gasteiger partial charge in [0.05, 0.1) is 24.3 Å². The number of nitro benzene ring substituents is 1. The molecular weight excluding hydrogens is 300 g/mol. The highest BCUT2D eigenvalue weighted by molar-refractivity contribution is 5.50. The first-order valence-corrected chi connectivity index (χ1v) is 7.43. The Balaban J connectivity index is 1.87. The molecule has 1 aromatic carbocycles. The lowest BCUT2D eigenvalue weighted by molar-refractivity contribution is -0.385. The molecule has 0 bridgehead atoms. The highest BCUT2D eigenvalue weighted by Crippen LogP contribution is 2.33. The van der Waals surface area contributed by atoms with Gasteiger partial charge in [0, 0.05) is 29.8 Å².